The van der Waals surface area contributed by atoms with Crippen molar-refractivity contribution in [3.8, 4) is 22.4 Å². The predicted octanol–water partition coefficient (Wildman–Crippen LogP) is 8.73. The molecule has 3 aromatic heterocycles. The predicted molar refractivity (Wildman–Crippen MR) is 172 cm³/mol. The Morgan fingerprint density at radius 1 is 0.878 bits per heavy atom. The van der Waals surface area contributed by atoms with E-state index in [1.54, 1.807) is 47.8 Å². The smallest absolute Gasteiger partial charge is 0.267 e. The van der Waals surface area contributed by atoms with Crippen LogP contribution in [0.1, 0.15) is 30.5 Å². The number of amides is 1. The van der Waals surface area contributed by atoms with Crippen LogP contribution >= 0.6 is 22.7 Å². The molecule has 3 aromatic carbocycles. The molecule has 0 aliphatic heterocycles. The molecule has 5 nitrogen and oxygen atoms in total. The van der Waals surface area contributed by atoms with Crippen LogP contribution in [0, 0.1) is 6.92 Å². The first-order valence-electron chi connectivity index (χ1n) is 13.0. The first-order chi connectivity index (χ1) is 20.0. The summed E-state index contributed by atoms with van der Waals surface area (Å²) in [6.45, 7) is 2.05. The molecule has 0 radical (unpaired) electrons. The number of ketones is 1. The molecule has 0 bridgehead atoms. The van der Waals surface area contributed by atoms with Crippen LogP contribution in [-0.2, 0) is 0 Å². The number of hydrogen-bond donors (Lipinski definition) is 2. The van der Waals surface area contributed by atoms with Gasteiger partial charge < -0.3 is 11.1 Å². The average molecular weight is 572 g/mol. The van der Waals surface area contributed by atoms with Crippen molar-refractivity contribution in [3.05, 3.63) is 129 Å². The number of thiophene rings is 2. The molecule has 7 heteroatoms. The minimum absolute atomic E-state index is 0.103. The van der Waals surface area contributed by atoms with Crippen LogP contribution in [-0.4, -0.2) is 16.7 Å². The summed E-state index contributed by atoms with van der Waals surface area (Å²) >= 11 is 2.84. The summed E-state index contributed by atoms with van der Waals surface area (Å²) in [6.07, 6.45) is 3.36. The Morgan fingerprint density at radius 3 is 2.34 bits per heavy atom. The molecule has 200 valence electrons. The van der Waals surface area contributed by atoms with E-state index in [-0.39, 0.29) is 11.7 Å². The molecule has 0 spiro atoms. The number of carbonyl (C=O) groups excluding carboxylic acids is 2. The van der Waals surface area contributed by atoms with Gasteiger partial charge >= 0.3 is 0 Å². The number of nitrogens with one attached hydrogen (secondary N) is 1. The highest BCUT2D eigenvalue weighted by atomic mass is 32.1. The number of nitrogens with zero attached hydrogens (tertiary/aromatic N) is 1. The summed E-state index contributed by atoms with van der Waals surface area (Å²) in [5.74, 6) is -0.424. The third-order valence-corrected chi connectivity index (χ3v) is 8.64. The average Bonchev–Trinajstić information content (AvgIpc) is 3.64. The molecule has 3 N–H and O–H groups in total. The highest BCUT2D eigenvalue weighted by molar-refractivity contribution is 7.21. The lowest BCUT2D eigenvalue weighted by Crippen LogP contribution is -2.12. The van der Waals surface area contributed by atoms with Gasteiger partial charge in [-0.25, -0.2) is 4.98 Å². The number of fused-ring (bicyclic) bond motifs is 1. The highest BCUT2D eigenvalue weighted by Gasteiger charge is 2.22. The molecule has 41 heavy (non-hydrogen) atoms. The summed E-state index contributed by atoms with van der Waals surface area (Å²) < 4.78 is 0. The quantitative estimate of drug-likeness (QED) is 0.148. The zero-order chi connectivity index (χ0) is 28.3. The van der Waals surface area contributed by atoms with E-state index in [2.05, 4.69) is 29.6 Å². The van der Waals surface area contributed by atoms with E-state index in [1.807, 2.05) is 60.8 Å². The van der Waals surface area contributed by atoms with E-state index < -0.39 is 0 Å². The van der Waals surface area contributed by atoms with Crippen LogP contribution < -0.4 is 11.1 Å². The topological polar surface area (TPSA) is 85.1 Å². The van der Waals surface area contributed by atoms with Gasteiger partial charge in [0.15, 0.2) is 5.78 Å². The highest BCUT2D eigenvalue weighted by Crippen LogP contribution is 2.41. The Bertz CT molecular complexity index is 1890. The standard InChI is InChI=1S/C34H25N3O2S2/c1-21-9-11-22(12-10-21)27-20-28(23-6-3-2-4-7-23)37-34-30(27)31(35)32(41-34)33(39)36-25-15-13-24(14-16-25)29(38)18-17-26-8-5-19-40-26/h2-20H,35H2,1H3,(H,36,39). The van der Waals surface area contributed by atoms with Gasteiger partial charge in [0, 0.05) is 27.1 Å². The van der Waals surface area contributed by atoms with Gasteiger partial charge in [0.05, 0.1) is 11.4 Å². The monoisotopic (exact) mass is 571 g/mol. The summed E-state index contributed by atoms with van der Waals surface area (Å²) in [7, 11) is 0. The van der Waals surface area contributed by atoms with Gasteiger partial charge in [0.25, 0.3) is 5.91 Å². The maximum Gasteiger partial charge on any atom is 0.267 e. The second-order valence-corrected chi connectivity index (χ2v) is 11.5. The molecular weight excluding hydrogens is 547 g/mol. The van der Waals surface area contributed by atoms with Crippen LogP contribution in [0.2, 0.25) is 0 Å². The molecular formula is C34H25N3O2S2. The van der Waals surface area contributed by atoms with Crippen molar-refractivity contribution in [3.63, 3.8) is 0 Å². The number of benzene rings is 3. The maximum absolute atomic E-state index is 13.4. The Kier molecular flexibility index (Phi) is 7.29. The van der Waals surface area contributed by atoms with Crippen molar-refractivity contribution in [1.29, 1.82) is 0 Å². The molecule has 6 aromatic rings. The van der Waals surface area contributed by atoms with E-state index >= 15 is 0 Å². The number of rotatable bonds is 7. The molecule has 0 aliphatic carbocycles. The second-order valence-electron chi connectivity index (χ2n) is 9.56. The number of nitrogen functional groups attached to an aromatic ring is 1. The summed E-state index contributed by atoms with van der Waals surface area (Å²) in [5.41, 5.74) is 13.1. The number of allylic oxidation sites excluding steroid dienone is 1. The SMILES string of the molecule is Cc1ccc(-c2cc(-c3ccccc3)nc3sc(C(=O)Nc4ccc(C(=O)C=Cc5cccs5)cc4)c(N)c23)cc1. The lowest BCUT2D eigenvalue weighted by molar-refractivity contribution is 0.102. The van der Waals surface area contributed by atoms with Crippen molar-refractivity contribution >= 4 is 62.0 Å². The maximum atomic E-state index is 13.4. The van der Waals surface area contributed by atoms with E-state index in [0.29, 0.717) is 26.6 Å². The first-order valence-corrected chi connectivity index (χ1v) is 14.7. The van der Waals surface area contributed by atoms with Crippen molar-refractivity contribution in [2.24, 2.45) is 0 Å². The fourth-order valence-corrected chi connectivity index (χ4v) is 6.19. The fourth-order valence-electron chi connectivity index (χ4n) is 4.55. The largest absolute Gasteiger partial charge is 0.397 e. The molecule has 0 fully saturated rings. The molecule has 0 unspecified atom stereocenters. The number of anilines is 2. The Morgan fingerprint density at radius 2 is 1.63 bits per heavy atom. The van der Waals surface area contributed by atoms with Crippen molar-refractivity contribution in [2.75, 3.05) is 11.1 Å². The van der Waals surface area contributed by atoms with Crippen molar-refractivity contribution in [1.82, 2.24) is 4.98 Å². The lowest BCUT2D eigenvalue weighted by Gasteiger charge is -2.09. The van der Waals surface area contributed by atoms with E-state index in [9.17, 15) is 9.59 Å². The van der Waals surface area contributed by atoms with Crippen LogP contribution in [0.4, 0.5) is 11.4 Å². The molecule has 3 heterocycles. The van der Waals surface area contributed by atoms with E-state index in [1.165, 1.54) is 11.3 Å². The number of hydrogen-bond acceptors (Lipinski definition) is 6. The number of nitrogens with two attached hydrogens (primary N) is 1. The zero-order valence-electron chi connectivity index (χ0n) is 22.1. The van der Waals surface area contributed by atoms with Gasteiger partial charge in [0.1, 0.15) is 9.71 Å². The van der Waals surface area contributed by atoms with Crippen molar-refractivity contribution in [2.45, 2.75) is 6.92 Å². The minimum atomic E-state index is -0.321. The Hall–Kier alpha value is -4.85. The zero-order valence-corrected chi connectivity index (χ0v) is 23.8. The minimum Gasteiger partial charge on any atom is -0.397 e. The summed E-state index contributed by atoms with van der Waals surface area (Å²) in [5, 5.41) is 5.66. The van der Waals surface area contributed by atoms with Crippen molar-refractivity contribution < 1.29 is 9.59 Å². The van der Waals surface area contributed by atoms with Gasteiger partial charge in [-0.1, -0.05) is 66.2 Å². The third-order valence-electron chi connectivity index (χ3n) is 6.71. The molecule has 0 saturated carbocycles. The van der Waals surface area contributed by atoms with Gasteiger partial charge in [-0.2, -0.15) is 0 Å². The molecule has 0 saturated heterocycles. The summed E-state index contributed by atoms with van der Waals surface area (Å²) in [4.78, 5) is 33.0. The molecule has 0 aliphatic rings. The van der Waals surface area contributed by atoms with E-state index in [0.717, 1.165) is 38.2 Å². The van der Waals surface area contributed by atoms with Gasteiger partial charge in [-0.15, -0.1) is 22.7 Å². The summed E-state index contributed by atoms with van der Waals surface area (Å²) in [6, 6.07) is 31.0. The van der Waals surface area contributed by atoms with Gasteiger partial charge in [0.2, 0.25) is 0 Å². The fraction of sp³-hybridized carbons (Fsp3) is 0.0294. The van der Waals surface area contributed by atoms with Gasteiger partial charge in [-0.05, 0) is 72.0 Å². The number of aromatic nitrogens is 1. The second kappa shape index (κ2) is 11.3. The Balaban J connectivity index is 1.31. The van der Waals surface area contributed by atoms with Crippen LogP contribution in [0.15, 0.2) is 109 Å². The molecule has 1 amide bonds. The lowest BCUT2D eigenvalue weighted by atomic mass is 9.98. The van der Waals surface area contributed by atoms with Crippen LogP contribution in [0.25, 0.3) is 38.7 Å². The third kappa shape index (κ3) is 5.59. The number of carbonyl (C=O) groups is 2. The van der Waals surface area contributed by atoms with Crippen LogP contribution in [0.3, 0.4) is 0 Å². The molecule has 6 rings (SSSR count). The van der Waals surface area contributed by atoms with Gasteiger partial charge in [-0.3, -0.25) is 9.59 Å². The normalized spacial score (nSPS) is 11.2. The molecule has 0 atom stereocenters. The van der Waals surface area contributed by atoms with E-state index in [4.69, 9.17) is 10.7 Å². The van der Waals surface area contributed by atoms with Crippen LogP contribution in [0.5, 0.6) is 0 Å². The number of pyridine rings is 1. The first kappa shape index (κ1) is 26.4. The Labute approximate surface area is 245 Å². The number of aryl methyl sites for hydroxylation is 1.